The van der Waals surface area contributed by atoms with Crippen molar-refractivity contribution < 1.29 is 27.4 Å². The van der Waals surface area contributed by atoms with Gasteiger partial charge in [-0.25, -0.2) is 0 Å². The minimum atomic E-state index is -4.39. The number of amides is 1. The van der Waals surface area contributed by atoms with Gasteiger partial charge in [-0.1, -0.05) is 0 Å². The van der Waals surface area contributed by atoms with Gasteiger partial charge in [-0.05, 0) is 36.1 Å². The number of carbonyl (C=O) groups excluding carboxylic acids is 1. The van der Waals surface area contributed by atoms with Crippen LogP contribution in [0.5, 0.6) is 5.75 Å². The summed E-state index contributed by atoms with van der Waals surface area (Å²) in [4.78, 5) is 13.6. The summed E-state index contributed by atoms with van der Waals surface area (Å²) < 4.78 is 48.7. The summed E-state index contributed by atoms with van der Waals surface area (Å²) >= 11 is 0. The predicted molar refractivity (Wildman–Crippen MR) is 78.3 cm³/mol. The monoisotopic (exact) mass is 331 g/mol. The molecule has 1 heterocycles. The highest BCUT2D eigenvalue weighted by Gasteiger charge is 2.33. The molecule has 1 aromatic rings. The molecule has 4 nitrogen and oxygen atoms in total. The van der Waals surface area contributed by atoms with E-state index in [9.17, 15) is 18.0 Å². The van der Waals surface area contributed by atoms with E-state index < -0.39 is 11.7 Å². The molecule has 128 valence electrons. The lowest BCUT2D eigenvalue weighted by Gasteiger charge is -2.17. The Morgan fingerprint density at radius 3 is 2.65 bits per heavy atom. The average Bonchev–Trinajstić information content (AvgIpc) is 2.84. The van der Waals surface area contributed by atoms with Crippen molar-refractivity contribution in [3.8, 4) is 5.75 Å². The number of benzene rings is 1. The Kier molecular flexibility index (Phi) is 5.51. The van der Waals surface area contributed by atoms with Crippen LogP contribution in [-0.2, 0) is 22.1 Å². The molecule has 2 rings (SSSR count). The smallest absolute Gasteiger partial charge is 0.416 e. The van der Waals surface area contributed by atoms with E-state index in [2.05, 4.69) is 0 Å². The van der Waals surface area contributed by atoms with Crippen molar-refractivity contribution in [2.75, 3.05) is 33.9 Å². The summed E-state index contributed by atoms with van der Waals surface area (Å²) in [5.41, 5.74) is -0.220. The molecule has 23 heavy (non-hydrogen) atoms. The molecule has 1 aliphatic rings. The fourth-order valence-corrected chi connectivity index (χ4v) is 2.83. The third kappa shape index (κ3) is 4.37. The Bertz CT molecular complexity index is 560. The van der Waals surface area contributed by atoms with Gasteiger partial charge in [-0.2, -0.15) is 13.2 Å². The molecule has 0 saturated carbocycles. The summed E-state index contributed by atoms with van der Waals surface area (Å²) in [6.45, 7) is 1.48. The number of methoxy groups -OCH3 is 2. The molecule has 0 radical (unpaired) electrons. The largest absolute Gasteiger partial charge is 0.496 e. The maximum absolute atomic E-state index is 12.9. The highest BCUT2D eigenvalue weighted by atomic mass is 19.4. The van der Waals surface area contributed by atoms with E-state index in [1.165, 1.54) is 13.2 Å². The van der Waals surface area contributed by atoms with E-state index in [0.29, 0.717) is 43.9 Å². The number of ether oxygens (including phenoxy) is 2. The van der Waals surface area contributed by atoms with Crippen LogP contribution in [0.3, 0.4) is 0 Å². The topological polar surface area (TPSA) is 38.8 Å². The molecule has 1 aliphatic heterocycles. The number of likely N-dealkylation sites (tertiary alicyclic amines) is 1. The van der Waals surface area contributed by atoms with Crippen molar-refractivity contribution in [2.45, 2.75) is 19.0 Å². The summed E-state index contributed by atoms with van der Waals surface area (Å²) in [6, 6.07) is 3.45. The van der Waals surface area contributed by atoms with Gasteiger partial charge in [-0.15, -0.1) is 0 Å². The number of carbonyl (C=O) groups is 1. The van der Waals surface area contributed by atoms with Crippen molar-refractivity contribution in [1.29, 1.82) is 0 Å². The lowest BCUT2D eigenvalue weighted by Crippen LogP contribution is -2.28. The first-order chi connectivity index (χ1) is 10.8. The van der Waals surface area contributed by atoms with Gasteiger partial charge in [0.05, 0.1) is 19.3 Å². The second kappa shape index (κ2) is 7.21. The van der Waals surface area contributed by atoms with Gasteiger partial charge in [0.15, 0.2) is 0 Å². The lowest BCUT2D eigenvalue weighted by atomic mass is 9.96. The fraction of sp³-hybridized carbons (Fsp3) is 0.562. The van der Waals surface area contributed by atoms with Gasteiger partial charge in [-0.3, -0.25) is 4.79 Å². The number of rotatable bonds is 6. The molecular formula is C16H20F3NO3. The summed E-state index contributed by atoms with van der Waals surface area (Å²) in [5, 5.41) is 0. The van der Waals surface area contributed by atoms with Crippen molar-refractivity contribution >= 4 is 5.91 Å². The molecular weight excluding hydrogens is 311 g/mol. The highest BCUT2D eigenvalue weighted by Crippen LogP contribution is 2.34. The van der Waals surface area contributed by atoms with Crippen LogP contribution in [0.1, 0.15) is 17.5 Å². The van der Waals surface area contributed by atoms with Crippen LogP contribution in [0, 0.1) is 5.92 Å². The zero-order valence-corrected chi connectivity index (χ0v) is 13.2. The Balaban J connectivity index is 2.12. The third-order valence-electron chi connectivity index (χ3n) is 3.98. The van der Waals surface area contributed by atoms with Crippen LogP contribution in [0.15, 0.2) is 18.2 Å². The number of halogens is 3. The molecule has 0 aliphatic carbocycles. The molecule has 0 bridgehead atoms. The minimum Gasteiger partial charge on any atom is -0.496 e. The minimum absolute atomic E-state index is 0.0120. The third-order valence-corrected chi connectivity index (χ3v) is 3.98. The summed E-state index contributed by atoms with van der Waals surface area (Å²) in [6.07, 6.45) is -3.68. The van der Waals surface area contributed by atoms with E-state index in [4.69, 9.17) is 9.47 Å². The van der Waals surface area contributed by atoms with Crippen molar-refractivity contribution in [2.24, 2.45) is 5.92 Å². The van der Waals surface area contributed by atoms with Gasteiger partial charge in [0.25, 0.3) is 0 Å². The molecule has 0 spiro atoms. The lowest BCUT2D eigenvalue weighted by molar-refractivity contribution is -0.137. The van der Waals surface area contributed by atoms with Crippen LogP contribution < -0.4 is 4.74 Å². The first-order valence-electron chi connectivity index (χ1n) is 7.36. The van der Waals surface area contributed by atoms with Crippen LogP contribution in [0.4, 0.5) is 13.2 Å². The highest BCUT2D eigenvalue weighted by molar-refractivity contribution is 5.78. The van der Waals surface area contributed by atoms with Crippen LogP contribution in [0.25, 0.3) is 0 Å². The Hall–Kier alpha value is -1.76. The van der Waals surface area contributed by atoms with Gasteiger partial charge in [0.2, 0.25) is 5.91 Å². The van der Waals surface area contributed by atoms with E-state index in [1.54, 1.807) is 12.0 Å². The van der Waals surface area contributed by atoms with Crippen LogP contribution in [0.2, 0.25) is 0 Å². The first kappa shape index (κ1) is 17.6. The quantitative estimate of drug-likeness (QED) is 0.805. The van der Waals surface area contributed by atoms with Gasteiger partial charge in [0, 0.05) is 26.6 Å². The van der Waals surface area contributed by atoms with Crippen LogP contribution in [-0.4, -0.2) is 44.7 Å². The van der Waals surface area contributed by atoms with Crippen molar-refractivity contribution in [3.63, 3.8) is 0 Å². The number of hydrogen-bond acceptors (Lipinski definition) is 3. The zero-order chi connectivity index (χ0) is 17.0. The second-order valence-corrected chi connectivity index (χ2v) is 5.63. The number of hydrogen-bond donors (Lipinski definition) is 0. The normalized spacial score (nSPS) is 18.6. The van der Waals surface area contributed by atoms with E-state index >= 15 is 0 Å². The molecule has 1 aromatic carbocycles. The van der Waals surface area contributed by atoms with Crippen molar-refractivity contribution in [3.05, 3.63) is 29.3 Å². The summed E-state index contributed by atoms with van der Waals surface area (Å²) in [7, 11) is 2.99. The molecule has 0 N–H and O–H groups in total. The van der Waals surface area contributed by atoms with E-state index in [1.807, 2.05) is 0 Å². The van der Waals surface area contributed by atoms with Gasteiger partial charge < -0.3 is 14.4 Å². The second-order valence-electron chi connectivity index (χ2n) is 5.63. The summed E-state index contributed by atoms with van der Waals surface area (Å²) in [5.74, 6) is 0.413. The Labute approximate surface area is 133 Å². The number of nitrogens with zero attached hydrogens (tertiary/aromatic N) is 1. The Morgan fingerprint density at radius 1 is 1.30 bits per heavy atom. The molecule has 0 aromatic heterocycles. The first-order valence-corrected chi connectivity index (χ1v) is 7.36. The number of alkyl halides is 3. The average molecular weight is 331 g/mol. The molecule has 7 heteroatoms. The molecule has 1 fully saturated rings. The zero-order valence-electron chi connectivity index (χ0n) is 13.2. The molecule has 1 amide bonds. The maximum atomic E-state index is 12.9. The molecule has 0 unspecified atom stereocenters. The maximum Gasteiger partial charge on any atom is 0.416 e. The van der Waals surface area contributed by atoms with Crippen molar-refractivity contribution in [1.82, 2.24) is 4.90 Å². The van der Waals surface area contributed by atoms with Gasteiger partial charge >= 0.3 is 6.18 Å². The van der Waals surface area contributed by atoms with Gasteiger partial charge in [0.1, 0.15) is 5.75 Å². The molecule has 1 saturated heterocycles. The fourth-order valence-electron chi connectivity index (χ4n) is 2.83. The standard InChI is InChI=1S/C16H20F3NO3/c1-22-6-5-20-10-11(8-15(20)21)7-12-9-13(16(17,18)19)3-4-14(12)23-2/h3-4,9,11H,5-8,10H2,1-2H3/t11-/m0/s1. The molecule has 1 atom stereocenters. The van der Waals surface area contributed by atoms with E-state index in [-0.39, 0.29) is 11.8 Å². The predicted octanol–water partition coefficient (Wildman–Crippen LogP) is 2.75. The van der Waals surface area contributed by atoms with E-state index in [0.717, 1.165) is 12.1 Å². The Morgan fingerprint density at radius 2 is 2.04 bits per heavy atom. The van der Waals surface area contributed by atoms with Crippen LogP contribution >= 0.6 is 0 Å². The SMILES string of the molecule is COCCN1C[C@@H](Cc2cc(C(F)(F)F)ccc2OC)CC1=O.